The van der Waals surface area contributed by atoms with Crippen LogP contribution in [0.15, 0.2) is 89.3 Å². The van der Waals surface area contributed by atoms with Gasteiger partial charge in [0.15, 0.2) is 0 Å². The van der Waals surface area contributed by atoms with Crippen molar-refractivity contribution in [3.63, 3.8) is 0 Å². The second-order valence-corrected chi connectivity index (χ2v) is 8.25. The van der Waals surface area contributed by atoms with E-state index >= 15 is 0 Å². The first-order valence-corrected chi connectivity index (χ1v) is 10.8. The largest absolute Gasteiger partial charge is 0.231 e. The van der Waals surface area contributed by atoms with E-state index in [1.807, 2.05) is 35.3 Å². The zero-order chi connectivity index (χ0) is 20.5. The molecule has 3 nitrogen and oxygen atoms in total. The second-order valence-electron chi connectivity index (χ2n) is 7.41. The van der Waals surface area contributed by atoms with E-state index in [0.717, 1.165) is 39.6 Å². The van der Waals surface area contributed by atoms with E-state index in [4.69, 9.17) is 10.1 Å². The van der Waals surface area contributed by atoms with E-state index in [-0.39, 0.29) is 11.9 Å². The zero-order valence-corrected chi connectivity index (χ0v) is 17.3. The van der Waals surface area contributed by atoms with Crippen LogP contribution in [0.4, 0.5) is 9.52 Å². The van der Waals surface area contributed by atoms with Crippen LogP contribution < -0.4 is 5.01 Å². The molecule has 0 N–H and O–H groups in total. The third kappa shape index (κ3) is 3.64. The fraction of sp³-hybridized carbons (Fsp3) is 0.120. The fourth-order valence-corrected chi connectivity index (χ4v) is 4.50. The van der Waals surface area contributed by atoms with Gasteiger partial charge in [-0.2, -0.15) is 5.10 Å². The standard InChI is InChI=1S/C25H20FN3S/c1-17-7-9-19(10-8-17)22-15-24(20-11-13-21(26)14-12-20)29(28-22)25-27-23(16-30-25)18-5-3-2-4-6-18/h2-14,16,24H,15H2,1H3/t24-/m0/s1. The molecule has 0 bridgehead atoms. The molecule has 0 unspecified atom stereocenters. The van der Waals surface area contributed by atoms with Crippen molar-refractivity contribution in [3.8, 4) is 11.3 Å². The number of nitrogens with zero attached hydrogens (tertiary/aromatic N) is 3. The van der Waals surface area contributed by atoms with Crippen LogP contribution in [-0.4, -0.2) is 10.7 Å². The molecule has 2 heterocycles. The van der Waals surface area contributed by atoms with Crippen molar-refractivity contribution in [1.29, 1.82) is 0 Å². The monoisotopic (exact) mass is 413 g/mol. The van der Waals surface area contributed by atoms with Crippen LogP contribution in [0.1, 0.15) is 29.2 Å². The second kappa shape index (κ2) is 7.84. The van der Waals surface area contributed by atoms with Gasteiger partial charge < -0.3 is 0 Å². The maximum atomic E-state index is 13.5. The minimum atomic E-state index is -0.233. The molecule has 3 aromatic carbocycles. The Morgan fingerprint density at radius 2 is 1.63 bits per heavy atom. The summed E-state index contributed by atoms with van der Waals surface area (Å²) < 4.78 is 13.5. The number of hydrogen-bond acceptors (Lipinski definition) is 4. The first-order valence-electron chi connectivity index (χ1n) is 9.87. The molecule has 0 fully saturated rings. The van der Waals surface area contributed by atoms with Gasteiger partial charge in [-0.25, -0.2) is 14.4 Å². The molecule has 0 saturated heterocycles. The summed E-state index contributed by atoms with van der Waals surface area (Å²) in [4.78, 5) is 4.86. The minimum Gasteiger partial charge on any atom is -0.231 e. The molecule has 0 spiro atoms. The molecule has 1 aromatic heterocycles. The summed E-state index contributed by atoms with van der Waals surface area (Å²) in [7, 11) is 0. The molecule has 0 saturated carbocycles. The predicted molar refractivity (Wildman–Crippen MR) is 122 cm³/mol. The van der Waals surface area contributed by atoms with Crippen molar-refractivity contribution >= 4 is 22.2 Å². The smallest absolute Gasteiger partial charge is 0.207 e. The molecule has 0 aliphatic carbocycles. The molecule has 1 aliphatic rings. The Bertz CT molecular complexity index is 1180. The summed E-state index contributed by atoms with van der Waals surface area (Å²) in [6, 6.07) is 25.2. The predicted octanol–water partition coefficient (Wildman–Crippen LogP) is 6.61. The molecular formula is C25H20FN3S. The number of halogens is 1. The van der Waals surface area contributed by atoms with Gasteiger partial charge in [0.05, 0.1) is 17.4 Å². The number of thiazole rings is 1. The van der Waals surface area contributed by atoms with Crippen molar-refractivity contribution in [2.75, 3.05) is 5.01 Å². The summed E-state index contributed by atoms with van der Waals surface area (Å²) in [6.45, 7) is 2.08. The maximum absolute atomic E-state index is 13.5. The number of anilines is 1. The topological polar surface area (TPSA) is 28.5 Å². The SMILES string of the molecule is Cc1ccc(C2=NN(c3nc(-c4ccccc4)cs3)[C@H](c3ccc(F)cc3)C2)cc1. The van der Waals surface area contributed by atoms with E-state index < -0.39 is 0 Å². The third-order valence-electron chi connectivity index (χ3n) is 5.31. The highest BCUT2D eigenvalue weighted by Crippen LogP contribution is 2.39. The molecule has 148 valence electrons. The number of hydrazone groups is 1. The van der Waals surface area contributed by atoms with Gasteiger partial charge in [-0.15, -0.1) is 11.3 Å². The van der Waals surface area contributed by atoms with Gasteiger partial charge >= 0.3 is 0 Å². The van der Waals surface area contributed by atoms with E-state index in [0.29, 0.717) is 0 Å². The lowest BCUT2D eigenvalue weighted by Crippen LogP contribution is -2.18. The highest BCUT2D eigenvalue weighted by atomic mass is 32.1. The number of hydrogen-bond donors (Lipinski definition) is 0. The van der Waals surface area contributed by atoms with Gasteiger partial charge in [-0.3, -0.25) is 0 Å². The van der Waals surface area contributed by atoms with Crippen LogP contribution in [0, 0.1) is 12.7 Å². The Labute approximate surface area is 179 Å². The van der Waals surface area contributed by atoms with E-state index in [1.54, 1.807) is 11.3 Å². The van der Waals surface area contributed by atoms with Crippen LogP contribution in [-0.2, 0) is 0 Å². The van der Waals surface area contributed by atoms with E-state index in [9.17, 15) is 4.39 Å². The maximum Gasteiger partial charge on any atom is 0.207 e. The normalized spacial score (nSPS) is 16.0. The Kier molecular flexibility index (Phi) is 4.89. The number of aromatic nitrogens is 1. The Morgan fingerprint density at radius 1 is 0.900 bits per heavy atom. The highest BCUT2D eigenvalue weighted by molar-refractivity contribution is 7.14. The summed E-state index contributed by atoms with van der Waals surface area (Å²) in [5.74, 6) is -0.233. The summed E-state index contributed by atoms with van der Waals surface area (Å²) in [6.07, 6.45) is 0.745. The number of aryl methyl sites for hydroxylation is 1. The van der Waals surface area contributed by atoms with Crippen LogP contribution in [0.5, 0.6) is 0 Å². The van der Waals surface area contributed by atoms with Crippen LogP contribution in [0.25, 0.3) is 11.3 Å². The lowest BCUT2D eigenvalue weighted by atomic mass is 9.98. The quantitative estimate of drug-likeness (QED) is 0.376. The average molecular weight is 414 g/mol. The summed E-state index contributed by atoms with van der Waals surface area (Å²) in [5, 5.41) is 9.83. The highest BCUT2D eigenvalue weighted by Gasteiger charge is 2.31. The molecule has 1 aliphatic heterocycles. The molecule has 1 atom stereocenters. The lowest BCUT2D eigenvalue weighted by molar-refractivity contribution is 0.624. The van der Waals surface area contributed by atoms with E-state index in [2.05, 4.69) is 48.7 Å². The summed E-state index contributed by atoms with van der Waals surface area (Å²) in [5.41, 5.74) is 6.39. The van der Waals surface area contributed by atoms with E-state index in [1.165, 1.54) is 17.7 Å². The minimum absolute atomic E-state index is 0.0170. The van der Waals surface area contributed by atoms with Gasteiger partial charge in [-0.05, 0) is 30.2 Å². The zero-order valence-electron chi connectivity index (χ0n) is 16.5. The third-order valence-corrected chi connectivity index (χ3v) is 6.14. The van der Waals surface area contributed by atoms with Crippen LogP contribution >= 0.6 is 11.3 Å². The Balaban J connectivity index is 1.53. The van der Waals surface area contributed by atoms with Crippen molar-refractivity contribution in [1.82, 2.24) is 4.98 Å². The Morgan fingerprint density at radius 3 is 2.37 bits per heavy atom. The van der Waals surface area contributed by atoms with Crippen molar-refractivity contribution in [2.45, 2.75) is 19.4 Å². The molecule has 0 amide bonds. The molecule has 5 rings (SSSR count). The molecule has 30 heavy (non-hydrogen) atoms. The van der Waals surface area contributed by atoms with Gasteiger partial charge in [0.2, 0.25) is 5.13 Å². The number of rotatable bonds is 4. The van der Waals surface area contributed by atoms with Gasteiger partial charge in [0, 0.05) is 17.4 Å². The van der Waals surface area contributed by atoms with Crippen LogP contribution in [0.2, 0.25) is 0 Å². The number of benzene rings is 3. The van der Waals surface area contributed by atoms with Gasteiger partial charge in [0.1, 0.15) is 5.82 Å². The first-order chi connectivity index (χ1) is 14.7. The summed E-state index contributed by atoms with van der Waals surface area (Å²) >= 11 is 1.58. The van der Waals surface area contributed by atoms with Crippen molar-refractivity contribution in [2.24, 2.45) is 5.10 Å². The fourth-order valence-electron chi connectivity index (χ4n) is 3.66. The molecule has 4 aromatic rings. The van der Waals surface area contributed by atoms with Crippen molar-refractivity contribution in [3.05, 3.63) is 107 Å². The molecule has 5 heteroatoms. The Hall–Kier alpha value is -3.31. The van der Waals surface area contributed by atoms with Crippen LogP contribution in [0.3, 0.4) is 0 Å². The first kappa shape index (κ1) is 18.7. The molecule has 0 radical (unpaired) electrons. The molecular weight excluding hydrogens is 393 g/mol. The average Bonchev–Trinajstić information content (AvgIpc) is 3.43. The van der Waals surface area contributed by atoms with Gasteiger partial charge in [-0.1, -0.05) is 72.3 Å². The van der Waals surface area contributed by atoms with Crippen molar-refractivity contribution < 1.29 is 4.39 Å². The lowest BCUT2D eigenvalue weighted by Gasteiger charge is -2.21. The van der Waals surface area contributed by atoms with Gasteiger partial charge in [0.25, 0.3) is 0 Å².